The first-order valence-electron chi connectivity index (χ1n) is 10.4. The minimum absolute atomic E-state index is 0.303. The van der Waals surface area contributed by atoms with E-state index in [0.29, 0.717) is 11.3 Å². The van der Waals surface area contributed by atoms with Gasteiger partial charge < -0.3 is 9.30 Å². The average molecular weight is 558 g/mol. The number of nitrogens with one attached hydrogen (secondary N) is 1. The van der Waals surface area contributed by atoms with E-state index in [0.717, 1.165) is 50.3 Å². The van der Waals surface area contributed by atoms with Gasteiger partial charge in [0.2, 0.25) is 0 Å². The topological polar surface area (TPSA) is 79.4 Å². The molecule has 0 saturated carbocycles. The monoisotopic (exact) mass is 558 g/mol. The normalized spacial score (nSPS) is 13.1. The number of rotatable bonds is 5. The van der Waals surface area contributed by atoms with Gasteiger partial charge in [0.15, 0.2) is 0 Å². The Morgan fingerprint density at radius 2 is 2.09 bits per heavy atom. The number of aromatic nitrogens is 1. The minimum Gasteiger partial charge on any atom is -0.496 e. The number of hydrazone groups is 1. The number of carbonyl (C=O) groups is 1. The summed E-state index contributed by atoms with van der Waals surface area (Å²) in [6.45, 7) is 4.04. The first-order valence-corrected chi connectivity index (χ1v) is 12.2. The van der Waals surface area contributed by atoms with E-state index >= 15 is 0 Å². The maximum Gasteiger partial charge on any atom is 0.271 e. The predicted molar refractivity (Wildman–Crippen MR) is 135 cm³/mol. The highest BCUT2D eigenvalue weighted by atomic mass is 127. The van der Waals surface area contributed by atoms with Crippen molar-refractivity contribution in [2.75, 3.05) is 7.11 Å². The SMILES string of the molecule is COc1cc(C(=O)N/N=C\c2cc(C)n(-c3sc4c(c3C#N)CCCC4)c2C)ccc1I. The first kappa shape index (κ1) is 22.6. The van der Waals surface area contributed by atoms with Crippen LogP contribution < -0.4 is 10.2 Å². The highest BCUT2D eigenvalue weighted by Crippen LogP contribution is 2.38. The van der Waals surface area contributed by atoms with E-state index < -0.39 is 0 Å². The zero-order valence-corrected chi connectivity index (χ0v) is 21.1. The average Bonchev–Trinajstić information content (AvgIpc) is 3.29. The molecular weight excluding hydrogens is 535 g/mol. The molecule has 0 radical (unpaired) electrons. The summed E-state index contributed by atoms with van der Waals surface area (Å²) >= 11 is 3.88. The number of hydrogen-bond acceptors (Lipinski definition) is 5. The molecule has 1 amide bonds. The fourth-order valence-corrected chi connectivity index (χ4v) is 6.09. The number of fused-ring (bicyclic) bond motifs is 1. The standard InChI is InChI=1S/C24H23IN4O2S/c1-14-10-17(13-27-28-23(30)16-8-9-20(25)21(11-16)31-3)15(2)29(14)24-19(12-26)18-6-4-5-7-22(18)32-24/h8-11,13H,4-7H2,1-3H3,(H,28,30)/b27-13-. The van der Waals surface area contributed by atoms with Crippen molar-refractivity contribution < 1.29 is 9.53 Å². The second-order valence-corrected chi connectivity index (χ2v) is 9.96. The molecule has 6 nitrogen and oxygen atoms in total. The van der Waals surface area contributed by atoms with E-state index in [1.54, 1.807) is 36.8 Å². The van der Waals surface area contributed by atoms with Gasteiger partial charge in [-0.3, -0.25) is 4.79 Å². The third kappa shape index (κ3) is 4.19. The van der Waals surface area contributed by atoms with Crippen molar-refractivity contribution in [1.82, 2.24) is 9.99 Å². The van der Waals surface area contributed by atoms with Crippen LogP contribution >= 0.6 is 33.9 Å². The van der Waals surface area contributed by atoms with Gasteiger partial charge in [-0.15, -0.1) is 11.3 Å². The maximum atomic E-state index is 12.5. The number of hydrogen-bond donors (Lipinski definition) is 1. The molecule has 0 spiro atoms. The van der Waals surface area contributed by atoms with Crippen molar-refractivity contribution in [3.8, 4) is 16.8 Å². The molecule has 0 aliphatic heterocycles. The van der Waals surface area contributed by atoms with E-state index in [1.165, 1.54) is 16.9 Å². The number of thiophene rings is 1. The van der Waals surface area contributed by atoms with Crippen LogP contribution in [-0.4, -0.2) is 23.8 Å². The van der Waals surface area contributed by atoms with E-state index in [9.17, 15) is 10.1 Å². The zero-order chi connectivity index (χ0) is 22.8. The van der Waals surface area contributed by atoms with Crippen molar-refractivity contribution in [2.45, 2.75) is 39.5 Å². The fraction of sp³-hybridized carbons (Fsp3) is 0.292. The van der Waals surface area contributed by atoms with Gasteiger partial charge >= 0.3 is 0 Å². The summed E-state index contributed by atoms with van der Waals surface area (Å²) in [5.41, 5.74) is 8.02. The van der Waals surface area contributed by atoms with Crippen LogP contribution in [0.5, 0.6) is 5.75 Å². The highest BCUT2D eigenvalue weighted by Gasteiger charge is 2.23. The molecule has 1 aliphatic carbocycles. The predicted octanol–water partition coefficient (Wildman–Crippen LogP) is 5.28. The number of nitrogens with zero attached hydrogens (tertiary/aromatic N) is 3. The third-order valence-corrected chi connectivity index (χ3v) is 7.89. The first-order chi connectivity index (χ1) is 15.4. The van der Waals surface area contributed by atoms with Gasteiger partial charge in [0.1, 0.15) is 16.8 Å². The fourth-order valence-electron chi connectivity index (χ4n) is 4.08. The number of aryl methyl sites for hydroxylation is 2. The van der Waals surface area contributed by atoms with Crippen molar-refractivity contribution in [1.29, 1.82) is 5.26 Å². The van der Waals surface area contributed by atoms with Crippen LogP contribution in [0, 0.1) is 28.7 Å². The largest absolute Gasteiger partial charge is 0.496 e. The quantitative estimate of drug-likeness (QED) is 0.263. The van der Waals surface area contributed by atoms with Gasteiger partial charge in [-0.2, -0.15) is 10.4 Å². The highest BCUT2D eigenvalue weighted by molar-refractivity contribution is 14.1. The Bertz CT molecular complexity index is 1270. The maximum absolute atomic E-state index is 12.5. The molecule has 1 aliphatic rings. The van der Waals surface area contributed by atoms with Crippen LogP contribution in [0.15, 0.2) is 29.4 Å². The minimum atomic E-state index is -0.303. The van der Waals surface area contributed by atoms with E-state index in [1.807, 2.05) is 26.0 Å². The third-order valence-electron chi connectivity index (χ3n) is 5.72. The van der Waals surface area contributed by atoms with E-state index in [2.05, 4.69) is 43.8 Å². The molecule has 8 heteroatoms. The van der Waals surface area contributed by atoms with Gasteiger partial charge in [-0.25, -0.2) is 5.43 Å². The van der Waals surface area contributed by atoms with Crippen molar-refractivity contribution >= 4 is 46.0 Å². The number of amides is 1. The number of nitriles is 1. The molecule has 1 aromatic carbocycles. The molecule has 2 heterocycles. The zero-order valence-electron chi connectivity index (χ0n) is 18.2. The number of methoxy groups -OCH3 is 1. The molecule has 4 rings (SSSR count). The second kappa shape index (κ2) is 9.46. The lowest BCUT2D eigenvalue weighted by atomic mass is 9.96. The molecule has 0 fully saturated rings. The molecule has 1 N–H and O–H groups in total. The van der Waals surface area contributed by atoms with Crippen LogP contribution in [0.25, 0.3) is 5.00 Å². The van der Waals surface area contributed by atoms with E-state index in [-0.39, 0.29) is 5.91 Å². The molecule has 32 heavy (non-hydrogen) atoms. The van der Waals surface area contributed by atoms with Gasteiger partial charge in [0, 0.05) is 27.4 Å². The van der Waals surface area contributed by atoms with Gasteiger partial charge in [0.25, 0.3) is 5.91 Å². The van der Waals surface area contributed by atoms with Crippen molar-refractivity contribution in [3.63, 3.8) is 0 Å². The number of halogens is 1. The summed E-state index contributed by atoms with van der Waals surface area (Å²) in [5.74, 6) is 0.347. The van der Waals surface area contributed by atoms with Gasteiger partial charge in [0.05, 0.1) is 22.5 Å². The summed E-state index contributed by atoms with van der Waals surface area (Å²) < 4.78 is 8.35. The molecule has 3 aromatic rings. The van der Waals surface area contributed by atoms with Gasteiger partial charge in [-0.1, -0.05) is 0 Å². The molecule has 0 bridgehead atoms. The molecule has 0 atom stereocenters. The lowest BCUT2D eigenvalue weighted by Crippen LogP contribution is -2.17. The van der Waals surface area contributed by atoms with Crippen molar-refractivity contribution in [3.05, 3.63) is 66.4 Å². The Morgan fingerprint density at radius 3 is 2.84 bits per heavy atom. The van der Waals surface area contributed by atoms with E-state index in [4.69, 9.17) is 4.74 Å². The number of carbonyl (C=O) groups excluding carboxylic acids is 1. The summed E-state index contributed by atoms with van der Waals surface area (Å²) in [6, 6.07) is 9.74. The summed E-state index contributed by atoms with van der Waals surface area (Å²) in [5, 5.41) is 15.0. The number of ether oxygens (including phenoxy) is 1. The van der Waals surface area contributed by atoms with Crippen molar-refractivity contribution in [2.24, 2.45) is 5.10 Å². The molecule has 2 aromatic heterocycles. The van der Waals surface area contributed by atoms with Gasteiger partial charge in [-0.05, 0) is 92.0 Å². The molecule has 164 valence electrons. The van der Waals surface area contributed by atoms with Crippen LogP contribution in [0.1, 0.15) is 56.2 Å². The van der Waals surface area contributed by atoms with Crippen LogP contribution in [-0.2, 0) is 12.8 Å². The second-order valence-electron chi connectivity index (χ2n) is 7.71. The Morgan fingerprint density at radius 1 is 1.31 bits per heavy atom. The Hall–Kier alpha value is -2.64. The van der Waals surface area contributed by atoms with Crippen LogP contribution in [0.2, 0.25) is 0 Å². The van der Waals surface area contributed by atoms with Crippen LogP contribution in [0.4, 0.5) is 0 Å². The lowest BCUT2D eigenvalue weighted by Gasteiger charge is -2.10. The Balaban J connectivity index is 1.58. The molecule has 0 saturated heterocycles. The number of benzene rings is 1. The molecule has 0 unspecified atom stereocenters. The summed E-state index contributed by atoms with van der Waals surface area (Å²) in [6.07, 6.45) is 6.02. The summed E-state index contributed by atoms with van der Waals surface area (Å²) in [4.78, 5) is 13.8. The summed E-state index contributed by atoms with van der Waals surface area (Å²) in [7, 11) is 1.58. The molecular formula is C24H23IN4O2S. The van der Waals surface area contributed by atoms with Crippen LogP contribution in [0.3, 0.4) is 0 Å². The smallest absolute Gasteiger partial charge is 0.271 e. The Kier molecular flexibility index (Phi) is 6.67. The Labute approximate surface area is 205 Å². The lowest BCUT2D eigenvalue weighted by molar-refractivity contribution is 0.0954.